The van der Waals surface area contributed by atoms with Gasteiger partial charge in [0, 0.05) is 37.9 Å². The van der Waals surface area contributed by atoms with Gasteiger partial charge in [0.25, 0.3) is 0 Å². The van der Waals surface area contributed by atoms with E-state index in [0.29, 0.717) is 5.56 Å². The normalized spacial score (nSPS) is 12.2. The topological polar surface area (TPSA) is 15.3 Å². The maximum Gasteiger partial charge on any atom is 0.127 e. The molecule has 1 N–H and O–H groups in total. The van der Waals surface area contributed by atoms with E-state index in [2.05, 4.69) is 34.5 Å². The number of hydrogen-bond donors (Lipinski definition) is 1. The summed E-state index contributed by atoms with van der Waals surface area (Å²) in [5.41, 5.74) is 3.08. The number of benzene rings is 2. The van der Waals surface area contributed by atoms with Crippen LogP contribution in [0.1, 0.15) is 24.1 Å². The summed E-state index contributed by atoms with van der Waals surface area (Å²) < 4.78 is 13.7. The van der Waals surface area contributed by atoms with Gasteiger partial charge in [-0.3, -0.25) is 0 Å². The van der Waals surface area contributed by atoms with Crippen molar-refractivity contribution in [2.75, 3.05) is 19.0 Å². The Hall–Kier alpha value is -1.87. The highest BCUT2D eigenvalue weighted by molar-refractivity contribution is 5.45. The largest absolute Gasteiger partial charge is 0.378 e. The average molecular weight is 272 g/mol. The molecule has 2 aromatic carbocycles. The van der Waals surface area contributed by atoms with Gasteiger partial charge < -0.3 is 10.2 Å². The van der Waals surface area contributed by atoms with E-state index in [4.69, 9.17) is 0 Å². The van der Waals surface area contributed by atoms with Gasteiger partial charge in [0.15, 0.2) is 0 Å². The lowest BCUT2D eigenvalue weighted by Gasteiger charge is -2.16. The van der Waals surface area contributed by atoms with Crippen LogP contribution in [-0.4, -0.2) is 14.1 Å². The molecule has 0 saturated carbocycles. The number of halogens is 1. The highest BCUT2D eigenvalue weighted by atomic mass is 19.1. The van der Waals surface area contributed by atoms with E-state index in [1.165, 1.54) is 17.3 Å². The Morgan fingerprint density at radius 1 is 1.05 bits per heavy atom. The van der Waals surface area contributed by atoms with Crippen molar-refractivity contribution in [1.29, 1.82) is 0 Å². The highest BCUT2D eigenvalue weighted by Crippen LogP contribution is 2.17. The first-order valence-electron chi connectivity index (χ1n) is 6.82. The first kappa shape index (κ1) is 14.5. The fraction of sp³-hybridized carbons (Fsp3) is 0.294. The van der Waals surface area contributed by atoms with Crippen LogP contribution >= 0.6 is 0 Å². The molecule has 106 valence electrons. The van der Waals surface area contributed by atoms with Gasteiger partial charge in [0.05, 0.1) is 0 Å². The summed E-state index contributed by atoms with van der Waals surface area (Å²) in [5, 5.41) is 3.35. The molecule has 0 saturated heterocycles. The van der Waals surface area contributed by atoms with Gasteiger partial charge in [-0.2, -0.15) is 0 Å². The van der Waals surface area contributed by atoms with Gasteiger partial charge in [0.1, 0.15) is 5.82 Å². The van der Waals surface area contributed by atoms with Gasteiger partial charge in [-0.25, -0.2) is 4.39 Å². The molecule has 2 nitrogen and oxygen atoms in total. The van der Waals surface area contributed by atoms with Crippen LogP contribution in [0.2, 0.25) is 0 Å². The lowest BCUT2D eigenvalue weighted by atomic mass is 10.1. The Morgan fingerprint density at radius 3 is 2.30 bits per heavy atom. The lowest BCUT2D eigenvalue weighted by molar-refractivity contribution is 0.528. The molecular formula is C17H21FN2. The van der Waals surface area contributed by atoms with Crippen molar-refractivity contribution >= 4 is 5.69 Å². The van der Waals surface area contributed by atoms with E-state index >= 15 is 0 Å². The molecule has 0 spiro atoms. The number of nitrogens with zero attached hydrogens (tertiary/aromatic N) is 1. The van der Waals surface area contributed by atoms with Crippen molar-refractivity contribution < 1.29 is 4.39 Å². The fourth-order valence-electron chi connectivity index (χ4n) is 2.12. The SMILES string of the molecule is C[C@@H](NCc1ccc(N(C)C)cc1)c1ccccc1F. The van der Waals surface area contributed by atoms with Crippen molar-refractivity contribution in [3.8, 4) is 0 Å². The van der Waals surface area contributed by atoms with Crippen LogP contribution in [0.25, 0.3) is 0 Å². The Bertz CT molecular complexity index is 549. The Labute approximate surface area is 120 Å². The maximum atomic E-state index is 13.7. The third-order valence-electron chi connectivity index (χ3n) is 3.44. The van der Waals surface area contributed by atoms with E-state index < -0.39 is 0 Å². The second-order valence-corrected chi connectivity index (χ2v) is 5.18. The molecule has 3 heteroatoms. The second kappa shape index (κ2) is 6.53. The Kier molecular flexibility index (Phi) is 4.74. The van der Waals surface area contributed by atoms with Gasteiger partial charge in [-0.15, -0.1) is 0 Å². The van der Waals surface area contributed by atoms with E-state index in [1.807, 2.05) is 33.2 Å². The molecule has 0 fully saturated rings. The smallest absolute Gasteiger partial charge is 0.127 e. The molecular weight excluding hydrogens is 251 g/mol. The van der Waals surface area contributed by atoms with E-state index in [9.17, 15) is 4.39 Å². The zero-order valence-electron chi connectivity index (χ0n) is 12.2. The summed E-state index contributed by atoms with van der Waals surface area (Å²) >= 11 is 0. The summed E-state index contributed by atoms with van der Waals surface area (Å²) in [6, 6.07) is 15.3. The maximum absolute atomic E-state index is 13.7. The number of hydrogen-bond acceptors (Lipinski definition) is 2. The van der Waals surface area contributed by atoms with E-state index in [1.54, 1.807) is 6.07 Å². The van der Waals surface area contributed by atoms with Gasteiger partial charge in [-0.05, 0) is 30.7 Å². The van der Waals surface area contributed by atoms with Crippen LogP contribution in [0.15, 0.2) is 48.5 Å². The molecule has 20 heavy (non-hydrogen) atoms. The quantitative estimate of drug-likeness (QED) is 0.892. The number of anilines is 1. The highest BCUT2D eigenvalue weighted by Gasteiger charge is 2.09. The molecule has 0 radical (unpaired) electrons. The standard InChI is InChI=1S/C17H21FN2/c1-13(16-6-4-5-7-17(16)18)19-12-14-8-10-15(11-9-14)20(2)3/h4-11,13,19H,12H2,1-3H3/t13-/m1/s1. The fourth-order valence-corrected chi connectivity index (χ4v) is 2.12. The minimum Gasteiger partial charge on any atom is -0.378 e. The van der Waals surface area contributed by atoms with E-state index in [0.717, 1.165) is 6.54 Å². The minimum atomic E-state index is -0.157. The average Bonchev–Trinajstić information content (AvgIpc) is 2.45. The first-order chi connectivity index (χ1) is 9.58. The van der Waals surface area contributed by atoms with Gasteiger partial charge in [-0.1, -0.05) is 30.3 Å². The van der Waals surface area contributed by atoms with Gasteiger partial charge in [0.2, 0.25) is 0 Å². The summed E-state index contributed by atoms with van der Waals surface area (Å²) in [6.07, 6.45) is 0. The predicted octanol–water partition coefficient (Wildman–Crippen LogP) is 3.74. The molecule has 0 heterocycles. The molecule has 2 rings (SSSR count). The molecule has 0 aromatic heterocycles. The predicted molar refractivity (Wildman–Crippen MR) is 82.4 cm³/mol. The lowest BCUT2D eigenvalue weighted by Crippen LogP contribution is -2.19. The molecule has 0 aliphatic rings. The first-order valence-corrected chi connectivity index (χ1v) is 6.82. The van der Waals surface area contributed by atoms with E-state index in [-0.39, 0.29) is 11.9 Å². The molecule has 0 aliphatic heterocycles. The summed E-state index contributed by atoms with van der Waals surface area (Å²) in [5.74, 6) is -0.157. The van der Waals surface area contributed by atoms with Crippen LogP contribution < -0.4 is 10.2 Å². The summed E-state index contributed by atoms with van der Waals surface area (Å²) in [7, 11) is 4.04. The minimum absolute atomic E-state index is 0.00951. The molecule has 1 atom stereocenters. The number of nitrogens with one attached hydrogen (secondary N) is 1. The van der Waals surface area contributed by atoms with Crippen molar-refractivity contribution in [3.63, 3.8) is 0 Å². The summed E-state index contributed by atoms with van der Waals surface area (Å²) in [4.78, 5) is 2.07. The van der Waals surface area contributed by atoms with Crippen molar-refractivity contribution in [1.82, 2.24) is 5.32 Å². The zero-order valence-corrected chi connectivity index (χ0v) is 12.2. The second-order valence-electron chi connectivity index (χ2n) is 5.18. The zero-order chi connectivity index (χ0) is 14.5. The van der Waals surface area contributed by atoms with Crippen LogP contribution in [-0.2, 0) is 6.54 Å². The summed E-state index contributed by atoms with van der Waals surface area (Å²) in [6.45, 7) is 2.70. The Morgan fingerprint density at radius 2 is 1.70 bits per heavy atom. The van der Waals surface area contributed by atoms with Crippen LogP contribution in [0, 0.1) is 5.82 Å². The van der Waals surface area contributed by atoms with Crippen LogP contribution in [0.3, 0.4) is 0 Å². The van der Waals surface area contributed by atoms with Crippen molar-refractivity contribution in [3.05, 3.63) is 65.5 Å². The third kappa shape index (κ3) is 3.58. The monoisotopic (exact) mass is 272 g/mol. The van der Waals surface area contributed by atoms with Crippen LogP contribution in [0.5, 0.6) is 0 Å². The molecule has 0 amide bonds. The molecule has 0 bridgehead atoms. The third-order valence-corrected chi connectivity index (χ3v) is 3.44. The molecule has 2 aromatic rings. The van der Waals surface area contributed by atoms with Crippen LogP contribution in [0.4, 0.5) is 10.1 Å². The molecule has 0 unspecified atom stereocenters. The van der Waals surface area contributed by atoms with Gasteiger partial charge >= 0.3 is 0 Å². The molecule has 0 aliphatic carbocycles. The van der Waals surface area contributed by atoms with Crippen molar-refractivity contribution in [2.45, 2.75) is 19.5 Å². The Balaban J connectivity index is 1.96. The number of rotatable bonds is 5. The van der Waals surface area contributed by atoms with Crippen molar-refractivity contribution in [2.24, 2.45) is 0 Å².